The molecule has 0 fully saturated rings. The van der Waals surface area contributed by atoms with Gasteiger partial charge in [0, 0.05) is 6.07 Å². The quantitative estimate of drug-likeness (QED) is 0.430. The van der Waals surface area contributed by atoms with E-state index in [0.29, 0.717) is 18.8 Å². The van der Waals surface area contributed by atoms with Crippen molar-refractivity contribution in [1.82, 2.24) is 9.38 Å². The summed E-state index contributed by atoms with van der Waals surface area (Å²) in [6, 6.07) is 13.0. The third-order valence-corrected chi connectivity index (χ3v) is 3.42. The molecule has 1 N–H and O–H groups in total. The number of nitrogens with zero attached hydrogens (tertiary/aromatic N) is 3. The number of hydrogen-bond donors (Lipinski definition) is 1. The average Bonchev–Trinajstić information content (AvgIpc) is 2.91. The second kappa shape index (κ2) is 6.35. The molecule has 2 aromatic heterocycles. The van der Waals surface area contributed by atoms with Crippen LogP contribution in [0.25, 0.3) is 5.65 Å². The first-order valence-electron chi connectivity index (χ1n) is 7.20. The van der Waals surface area contributed by atoms with E-state index >= 15 is 0 Å². The number of ether oxygens (including phenoxy) is 1. The first-order valence-corrected chi connectivity index (χ1v) is 7.20. The van der Waals surface area contributed by atoms with Crippen molar-refractivity contribution in [3.05, 3.63) is 64.3 Å². The zero-order valence-electron chi connectivity index (χ0n) is 12.6. The van der Waals surface area contributed by atoms with Gasteiger partial charge < -0.3 is 20.2 Å². The van der Waals surface area contributed by atoms with Crippen molar-refractivity contribution >= 4 is 17.3 Å². The molecule has 0 bridgehead atoms. The molecule has 0 radical (unpaired) electrons. The number of anilines is 1. The van der Waals surface area contributed by atoms with Gasteiger partial charge in [0.2, 0.25) is 11.5 Å². The lowest BCUT2D eigenvalue weighted by Crippen LogP contribution is -2.13. The van der Waals surface area contributed by atoms with Gasteiger partial charge >= 0.3 is 5.82 Å². The molecule has 0 aliphatic heterocycles. The van der Waals surface area contributed by atoms with Crippen LogP contribution in [0, 0.1) is 17.0 Å². The molecule has 118 valence electrons. The summed E-state index contributed by atoms with van der Waals surface area (Å²) in [6.07, 6.45) is 1.62. The third-order valence-electron chi connectivity index (χ3n) is 3.42. The van der Waals surface area contributed by atoms with E-state index in [9.17, 15) is 10.1 Å². The number of fused-ring (bicyclic) bond motifs is 1. The predicted molar refractivity (Wildman–Crippen MR) is 87.0 cm³/mol. The highest BCUT2D eigenvalue weighted by atomic mass is 16.6. The van der Waals surface area contributed by atoms with Crippen molar-refractivity contribution < 1.29 is 9.66 Å². The van der Waals surface area contributed by atoms with Crippen molar-refractivity contribution in [2.24, 2.45) is 0 Å². The summed E-state index contributed by atoms with van der Waals surface area (Å²) in [4.78, 5) is 15.1. The molecule has 0 unspecified atom stereocenters. The standard InChI is InChI=1S/C16H16N4O3/c1-12-6-2-3-7-13(12)23-11-9-17-15-16(20(21)22)19-10-5-4-8-14(19)18-15/h2-8,10,17H,9,11H2,1H3. The lowest BCUT2D eigenvalue weighted by atomic mass is 10.2. The molecule has 0 aliphatic rings. The summed E-state index contributed by atoms with van der Waals surface area (Å²) >= 11 is 0. The molecule has 0 aliphatic carbocycles. The van der Waals surface area contributed by atoms with Crippen LogP contribution >= 0.6 is 0 Å². The molecule has 1 aromatic carbocycles. The summed E-state index contributed by atoms with van der Waals surface area (Å²) < 4.78 is 7.11. The Morgan fingerprint density at radius 2 is 2.04 bits per heavy atom. The number of hydrogen-bond acceptors (Lipinski definition) is 5. The minimum atomic E-state index is -0.440. The highest BCUT2D eigenvalue weighted by molar-refractivity contribution is 5.62. The van der Waals surface area contributed by atoms with Gasteiger partial charge in [0.25, 0.3) is 0 Å². The fourth-order valence-corrected chi connectivity index (χ4v) is 2.32. The number of aryl methyl sites for hydroxylation is 1. The first kappa shape index (κ1) is 14.8. The third kappa shape index (κ3) is 3.08. The van der Waals surface area contributed by atoms with Gasteiger partial charge in [-0.05, 0) is 29.5 Å². The van der Waals surface area contributed by atoms with E-state index in [4.69, 9.17) is 4.74 Å². The van der Waals surface area contributed by atoms with Crippen LogP contribution in [-0.4, -0.2) is 27.5 Å². The Labute approximate surface area is 132 Å². The Kier molecular flexibility index (Phi) is 4.09. The maximum Gasteiger partial charge on any atom is 0.372 e. The highest BCUT2D eigenvalue weighted by Gasteiger charge is 2.21. The molecule has 0 spiro atoms. The number of aromatic nitrogens is 2. The molecule has 3 aromatic rings. The van der Waals surface area contributed by atoms with E-state index in [2.05, 4.69) is 10.3 Å². The molecule has 2 heterocycles. The number of nitrogens with one attached hydrogen (secondary N) is 1. The molecule has 7 heteroatoms. The van der Waals surface area contributed by atoms with Gasteiger partial charge in [-0.1, -0.05) is 24.3 Å². The van der Waals surface area contributed by atoms with Crippen molar-refractivity contribution in [3.8, 4) is 5.75 Å². The van der Waals surface area contributed by atoms with Gasteiger partial charge in [-0.3, -0.25) is 0 Å². The number of imidazole rings is 1. The summed E-state index contributed by atoms with van der Waals surface area (Å²) in [5, 5.41) is 14.2. The van der Waals surface area contributed by atoms with E-state index in [0.717, 1.165) is 11.3 Å². The van der Waals surface area contributed by atoms with E-state index in [1.165, 1.54) is 4.40 Å². The largest absolute Gasteiger partial charge is 0.491 e. The Bertz CT molecular complexity index is 844. The summed E-state index contributed by atoms with van der Waals surface area (Å²) in [5.41, 5.74) is 1.58. The fraction of sp³-hybridized carbons (Fsp3) is 0.188. The average molecular weight is 312 g/mol. The number of benzene rings is 1. The normalized spacial score (nSPS) is 10.7. The minimum absolute atomic E-state index is 0.0727. The Balaban J connectivity index is 1.69. The van der Waals surface area contributed by atoms with Crippen molar-refractivity contribution in [3.63, 3.8) is 0 Å². The van der Waals surface area contributed by atoms with E-state index in [-0.39, 0.29) is 11.6 Å². The van der Waals surface area contributed by atoms with Crippen LogP contribution in [-0.2, 0) is 0 Å². The van der Waals surface area contributed by atoms with Gasteiger partial charge in [-0.2, -0.15) is 9.38 Å². The molecule has 7 nitrogen and oxygen atoms in total. The molecule has 0 amide bonds. The first-order chi connectivity index (χ1) is 11.2. The molecular formula is C16H16N4O3. The van der Waals surface area contributed by atoms with Gasteiger partial charge in [0.05, 0.1) is 12.7 Å². The molecule has 0 atom stereocenters. The van der Waals surface area contributed by atoms with Crippen LogP contribution < -0.4 is 10.1 Å². The topological polar surface area (TPSA) is 81.7 Å². The summed E-state index contributed by atoms with van der Waals surface area (Å²) in [7, 11) is 0. The summed E-state index contributed by atoms with van der Waals surface area (Å²) in [5.74, 6) is 0.977. The lowest BCUT2D eigenvalue weighted by Gasteiger charge is -2.09. The number of nitro groups is 1. The molecule has 3 rings (SSSR count). The Morgan fingerprint density at radius 1 is 1.26 bits per heavy atom. The molecule has 23 heavy (non-hydrogen) atoms. The highest BCUT2D eigenvalue weighted by Crippen LogP contribution is 2.25. The smallest absolute Gasteiger partial charge is 0.372 e. The molecule has 0 saturated heterocycles. The monoisotopic (exact) mass is 312 g/mol. The zero-order valence-corrected chi connectivity index (χ0v) is 12.6. The lowest BCUT2D eigenvalue weighted by molar-refractivity contribution is -0.389. The summed E-state index contributed by atoms with van der Waals surface area (Å²) in [6.45, 7) is 2.77. The Hall–Kier alpha value is -3.09. The molecule has 0 saturated carbocycles. The van der Waals surface area contributed by atoms with Gasteiger partial charge in [0.15, 0.2) is 0 Å². The molecular weight excluding hydrogens is 296 g/mol. The van der Waals surface area contributed by atoms with E-state index in [1.807, 2.05) is 31.2 Å². The van der Waals surface area contributed by atoms with Gasteiger partial charge in [0.1, 0.15) is 12.4 Å². The van der Waals surface area contributed by atoms with E-state index in [1.54, 1.807) is 24.4 Å². The van der Waals surface area contributed by atoms with Crippen LogP contribution in [0.3, 0.4) is 0 Å². The van der Waals surface area contributed by atoms with Crippen molar-refractivity contribution in [1.29, 1.82) is 0 Å². The zero-order chi connectivity index (χ0) is 16.2. The fourth-order valence-electron chi connectivity index (χ4n) is 2.32. The van der Waals surface area contributed by atoms with Crippen molar-refractivity contribution in [2.45, 2.75) is 6.92 Å². The van der Waals surface area contributed by atoms with Crippen LogP contribution in [0.1, 0.15) is 5.56 Å². The van der Waals surface area contributed by atoms with Crippen molar-refractivity contribution in [2.75, 3.05) is 18.5 Å². The number of para-hydroxylation sites is 1. The van der Waals surface area contributed by atoms with Crippen LogP contribution in [0.2, 0.25) is 0 Å². The van der Waals surface area contributed by atoms with E-state index < -0.39 is 4.92 Å². The second-order valence-corrected chi connectivity index (χ2v) is 5.01. The van der Waals surface area contributed by atoms with Crippen LogP contribution in [0.5, 0.6) is 5.75 Å². The second-order valence-electron chi connectivity index (χ2n) is 5.01. The number of rotatable bonds is 6. The Morgan fingerprint density at radius 3 is 2.83 bits per heavy atom. The number of pyridine rings is 1. The maximum absolute atomic E-state index is 11.3. The van der Waals surface area contributed by atoms with Crippen LogP contribution in [0.4, 0.5) is 11.6 Å². The maximum atomic E-state index is 11.3. The minimum Gasteiger partial charge on any atom is -0.491 e. The predicted octanol–water partition coefficient (Wildman–Crippen LogP) is 3.04. The van der Waals surface area contributed by atoms with Gasteiger partial charge in [-0.25, -0.2) is 0 Å². The SMILES string of the molecule is Cc1ccccc1OCCNc1nc2ccccn2c1[N+](=O)[O-]. The van der Waals surface area contributed by atoms with Gasteiger partial charge in [-0.15, -0.1) is 0 Å². The van der Waals surface area contributed by atoms with Crippen LogP contribution in [0.15, 0.2) is 48.7 Å².